The van der Waals surface area contributed by atoms with E-state index in [1.165, 1.54) is 31.2 Å². The van der Waals surface area contributed by atoms with Crippen LogP contribution in [0.25, 0.3) is 10.6 Å². The fourth-order valence-corrected chi connectivity index (χ4v) is 5.27. The van der Waals surface area contributed by atoms with E-state index in [1.54, 1.807) is 11.3 Å². The zero-order valence-corrected chi connectivity index (χ0v) is 18.9. The SMILES string of the molecule is CN1CCN(Cc2cccc(-c3nc(CC(=O)NC4CCCCCC4)cs3)c2)CC1. The number of amides is 1. The molecule has 1 aromatic heterocycles. The van der Waals surface area contributed by atoms with Crippen molar-refractivity contribution in [1.29, 1.82) is 0 Å². The Labute approximate surface area is 184 Å². The first kappa shape index (κ1) is 21.5. The first-order valence-electron chi connectivity index (χ1n) is 11.4. The van der Waals surface area contributed by atoms with Gasteiger partial charge in [-0.1, -0.05) is 43.9 Å². The summed E-state index contributed by atoms with van der Waals surface area (Å²) in [4.78, 5) is 22.2. The van der Waals surface area contributed by atoms with Crippen molar-refractivity contribution < 1.29 is 4.79 Å². The van der Waals surface area contributed by atoms with Crippen LogP contribution in [0.4, 0.5) is 0 Å². The standard InChI is InChI=1S/C24H34N4OS/c1-27-11-13-28(14-12-27)17-19-7-6-8-20(15-19)24-26-22(18-30-24)16-23(29)25-21-9-4-2-3-5-10-21/h6-8,15,18,21H,2-5,9-14,16-17H2,1H3,(H,25,29). The lowest BCUT2D eigenvalue weighted by Crippen LogP contribution is -2.43. The van der Waals surface area contributed by atoms with Crippen molar-refractivity contribution in [1.82, 2.24) is 20.1 Å². The summed E-state index contributed by atoms with van der Waals surface area (Å²) in [5.74, 6) is 0.113. The van der Waals surface area contributed by atoms with Crippen LogP contribution in [0, 0.1) is 0 Å². The number of hydrogen-bond acceptors (Lipinski definition) is 5. The second-order valence-corrected chi connectivity index (χ2v) is 9.71. The van der Waals surface area contributed by atoms with Gasteiger partial charge in [-0.15, -0.1) is 11.3 Å². The van der Waals surface area contributed by atoms with E-state index in [1.807, 2.05) is 5.38 Å². The molecule has 5 nitrogen and oxygen atoms in total. The number of benzene rings is 1. The van der Waals surface area contributed by atoms with Crippen LogP contribution in [0.2, 0.25) is 0 Å². The quantitative estimate of drug-likeness (QED) is 0.711. The van der Waals surface area contributed by atoms with E-state index < -0.39 is 0 Å². The highest BCUT2D eigenvalue weighted by Crippen LogP contribution is 2.25. The third-order valence-corrected chi connectivity index (χ3v) is 7.23. The van der Waals surface area contributed by atoms with Crippen LogP contribution in [0.5, 0.6) is 0 Å². The maximum absolute atomic E-state index is 12.5. The normalized spacial score (nSPS) is 19.5. The number of thiazole rings is 1. The molecule has 30 heavy (non-hydrogen) atoms. The van der Waals surface area contributed by atoms with Crippen molar-refractivity contribution in [2.24, 2.45) is 0 Å². The third kappa shape index (κ3) is 6.13. The van der Waals surface area contributed by atoms with Crippen LogP contribution in [0.3, 0.4) is 0 Å². The second-order valence-electron chi connectivity index (χ2n) is 8.86. The maximum atomic E-state index is 12.5. The minimum absolute atomic E-state index is 0.113. The predicted octanol–water partition coefficient (Wildman–Crippen LogP) is 3.94. The number of carbonyl (C=O) groups excluding carboxylic acids is 1. The van der Waals surface area contributed by atoms with E-state index in [0.29, 0.717) is 12.5 Å². The van der Waals surface area contributed by atoms with Crippen LogP contribution in [-0.4, -0.2) is 60.0 Å². The third-order valence-electron chi connectivity index (χ3n) is 6.29. The van der Waals surface area contributed by atoms with E-state index >= 15 is 0 Å². The Balaban J connectivity index is 1.33. The lowest BCUT2D eigenvalue weighted by atomic mass is 10.1. The number of hydrogen-bond donors (Lipinski definition) is 1. The van der Waals surface area contributed by atoms with E-state index in [0.717, 1.165) is 61.8 Å². The zero-order chi connectivity index (χ0) is 20.8. The molecule has 6 heteroatoms. The fraction of sp³-hybridized carbons (Fsp3) is 0.583. The lowest BCUT2D eigenvalue weighted by molar-refractivity contribution is -0.121. The van der Waals surface area contributed by atoms with Gasteiger partial charge in [0.1, 0.15) is 5.01 Å². The minimum atomic E-state index is 0.113. The molecule has 1 aromatic carbocycles. The van der Waals surface area contributed by atoms with Gasteiger partial charge in [0, 0.05) is 49.7 Å². The predicted molar refractivity (Wildman–Crippen MR) is 124 cm³/mol. The summed E-state index contributed by atoms with van der Waals surface area (Å²) in [5, 5.41) is 6.27. The number of aromatic nitrogens is 1. The molecule has 2 aliphatic rings. The molecule has 1 amide bonds. The van der Waals surface area contributed by atoms with Crippen molar-refractivity contribution in [3.8, 4) is 10.6 Å². The monoisotopic (exact) mass is 426 g/mol. The summed E-state index contributed by atoms with van der Waals surface area (Å²) in [5.41, 5.74) is 3.37. The average molecular weight is 427 g/mol. The molecule has 1 aliphatic heterocycles. The molecule has 2 fully saturated rings. The smallest absolute Gasteiger partial charge is 0.226 e. The Morgan fingerprint density at radius 1 is 1.13 bits per heavy atom. The van der Waals surface area contributed by atoms with Gasteiger partial charge in [-0.2, -0.15) is 0 Å². The topological polar surface area (TPSA) is 48.5 Å². The van der Waals surface area contributed by atoms with Gasteiger partial charge in [0.15, 0.2) is 0 Å². The van der Waals surface area contributed by atoms with Gasteiger partial charge in [0.25, 0.3) is 0 Å². The molecule has 162 valence electrons. The lowest BCUT2D eigenvalue weighted by Gasteiger charge is -2.32. The van der Waals surface area contributed by atoms with Crippen molar-refractivity contribution in [2.75, 3.05) is 33.2 Å². The molecular weight excluding hydrogens is 392 g/mol. The first-order chi connectivity index (χ1) is 14.7. The Bertz CT molecular complexity index is 820. The number of piperazine rings is 1. The summed E-state index contributed by atoms with van der Waals surface area (Å²) in [7, 11) is 2.19. The molecule has 0 unspecified atom stereocenters. The van der Waals surface area contributed by atoms with Gasteiger partial charge in [-0.05, 0) is 31.5 Å². The molecule has 1 saturated carbocycles. The van der Waals surface area contributed by atoms with E-state index in [9.17, 15) is 4.79 Å². The van der Waals surface area contributed by atoms with Crippen LogP contribution in [0.15, 0.2) is 29.6 Å². The van der Waals surface area contributed by atoms with E-state index in [4.69, 9.17) is 4.98 Å². The number of rotatable bonds is 6. The van der Waals surface area contributed by atoms with Crippen LogP contribution in [0.1, 0.15) is 49.8 Å². The minimum Gasteiger partial charge on any atom is -0.353 e. The highest BCUT2D eigenvalue weighted by atomic mass is 32.1. The summed E-state index contributed by atoms with van der Waals surface area (Å²) < 4.78 is 0. The Morgan fingerprint density at radius 2 is 1.90 bits per heavy atom. The molecule has 1 aliphatic carbocycles. The number of nitrogens with zero attached hydrogens (tertiary/aromatic N) is 3. The van der Waals surface area contributed by atoms with Crippen molar-refractivity contribution in [3.63, 3.8) is 0 Å². The average Bonchev–Trinajstić information content (AvgIpc) is 3.05. The van der Waals surface area contributed by atoms with Gasteiger partial charge in [-0.25, -0.2) is 4.98 Å². The van der Waals surface area contributed by atoms with E-state index in [-0.39, 0.29) is 5.91 Å². The van der Waals surface area contributed by atoms with Crippen molar-refractivity contribution >= 4 is 17.2 Å². The molecular formula is C24H34N4OS. The Morgan fingerprint density at radius 3 is 2.67 bits per heavy atom. The summed E-state index contributed by atoms with van der Waals surface area (Å²) >= 11 is 1.64. The number of nitrogens with one attached hydrogen (secondary N) is 1. The second kappa shape index (κ2) is 10.5. The molecule has 1 saturated heterocycles. The molecule has 0 spiro atoms. The maximum Gasteiger partial charge on any atom is 0.226 e. The van der Waals surface area contributed by atoms with Crippen LogP contribution >= 0.6 is 11.3 Å². The van der Waals surface area contributed by atoms with Crippen LogP contribution < -0.4 is 5.32 Å². The molecule has 2 aromatic rings. The molecule has 4 rings (SSSR count). The molecule has 0 bridgehead atoms. The fourth-order valence-electron chi connectivity index (χ4n) is 4.45. The largest absolute Gasteiger partial charge is 0.353 e. The number of likely N-dealkylation sites (N-methyl/N-ethyl adjacent to an activating group) is 1. The summed E-state index contributed by atoms with van der Waals surface area (Å²) in [6.45, 7) is 5.51. The highest BCUT2D eigenvalue weighted by molar-refractivity contribution is 7.13. The first-order valence-corrected chi connectivity index (χ1v) is 12.3. The Kier molecular flexibility index (Phi) is 7.52. The van der Waals surface area contributed by atoms with Gasteiger partial charge >= 0.3 is 0 Å². The molecule has 1 N–H and O–H groups in total. The number of carbonyl (C=O) groups is 1. The zero-order valence-electron chi connectivity index (χ0n) is 18.1. The van der Waals surface area contributed by atoms with Crippen molar-refractivity contribution in [3.05, 3.63) is 40.9 Å². The summed E-state index contributed by atoms with van der Waals surface area (Å²) in [6, 6.07) is 9.06. The molecule has 0 radical (unpaired) electrons. The van der Waals surface area contributed by atoms with E-state index in [2.05, 4.69) is 46.4 Å². The Hall–Kier alpha value is -1.76. The van der Waals surface area contributed by atoms with Gasteiger partial charge in [0.2, 0.25) is 5.91 Å². The van der Waals surface area contributed by atoms with Gasteiger partial charge in [-0.3, -0.25) is 9.69 Å². The highest BCUT2D eigenvalue weighted by Gasteiger charge is 2.17. The van der Waals surface area contributed by atoms with Crippen LogP contribution in [-0.2, 0) is 17.8 Å². The molecule has 0 atom stereocenters. The summed E-state index contributed by atoms with van der Waals surface area (Å²) in [6.07, 6.45) is 7.69. The van der Waals surface area contributed by atoms with Gasteiger partial charge < -0.3 is 10.2 Å². The van der Waals surface area contributed by atoms with Crippen molar-refractivity contribution in [2.45, 2.75) is 57.5 Å². The van der Waals surface area contributed by atoms with Gasteiger partial charge in [0.05, 0.1) is 12.1 Å². The molecule has 2 heterocycles.